The molecule has 4 rings (SSSR count). The number of carbonyl (C=O) groups excluding carboxylic acids is 2. The summed E-state index contributed by atoms with van der Waals surface area (Å²) in [6.07, 6.45) is -0.363. The zero-order chi connectivity index (χ0) is 24.3. The highest BCUT2D eigenvalue weighted by atomic mass is 32.2. The number of anilines is 1. The summed E-state index contributed by atoms with van der Waals surface area (Å²) in [5.74, 6) is -1.37. The van der Waals surface area contributed by atoms with Gasteiger partial charge in [-0.15, -0.1) is 0 Å². The number of sulfone groups is 1. The van der Waals surface area contributed by atoms with Crippen molar-refractivity contribution >= 4 is 49.3 Å². The Morgan fingerprint density at radius 2 is 1.71 bits per heavy atom. The van der Waals surface area contributed by atoms with Crippen LogP contribution in [-0.4, -0.2) is 39.8 Å². The van der Waals surface area contributed by atoms with Crippen LogP contribution >= 0.6 is 0 Å². The van der Waals surface area contributed by atoms with Crippen LogP contribution in [0.1, 0.15) is 12.0 Å². The third-order valence-corrected chi connectivity index (χ3v) is 7.02. The molecule has 0 spiro atoms. The Morgan fingerprint density at radius 3 is 2.44 bits per heavy atom. The van der Waals surface area contributed by atoms with E-state index in [4.69, 9.17) is 13.9 Å². The van der Waals surface area contributed by atoms with Crippen molar-refractivity contribution in [3.8, 4) is 5.75 Å². The Kier molecular flexibility index (Phi) is 6.56. The van der Waals surface area contributed by atoms with E-state index in [0.717, 1.165) is 16.3 Å². The first-order chi connectivity index (χ1) is 16.3. The van der Waals surface area contributed by atoms with Crippen molar-refractivity contribution in [3.05, 3.63) is 66.2 Å². The highest BCUT2D eigenvalue weighted by molar-refractivity contribution is 7.91. The summed E-state index contributed by atoms with van der Waals surface area (Å²) in [5.41, 5.74) is 2.56. The Labute approximate surface area is 196 Å². The monoisotopic (exact) mass is 481 g/mol. The molecule has 9 heteroatoms. The topological polar surface area (TPSA) is 112 Å². The number of carbonyl (C=O) groups is 2. The smallest absolute Gasteiger partial charge is 0.307 e. The van der Waals surface area contributed by atoms with Crippen LogP contribution in [0.25, 0.3) is 21.9 Å². The molecular formula is C25H23NO7S. The quantitative estimate of drug-likeness (QED) is 0.375. The van der Waals surface area contributed by atoms with Crippen LogP contribution in [0, 0.1) is 6.92 Å². The van der Waals surface area contributed by atoms with Gasteiger partial charge in [-0.05, 0) is 31.2 Å². The maximum Gasteiger partial charge on any atom is 0.307 e. The zero-order valence-corrected chi connectivity index (χ0v) is 19.5. The van der Waals surface area contributed by atoms with Crippen molar-refractivity contribution in [2.24, 2.45) is 0 Å². The van der Waals surface area contributed by atoms with Crippen LogP contribution in [0.5, 0.6) is 5.75 Å². The summed E-state index contributed by atoms with van der Waals surface area (Å²) >= 11 is 0. The molecule has 0 radical (unpaired) electrons. The Morgan fingerprint density at radius 1 is 0.971 bits per heavy atom. The normalized spacial score (nSPS) is 11.5. The number of furan rings is 1. The van der Waals surface area contributed by atoms with E-state index < -0.39 is 34.1 Å². The molecule has 0 unspecified atom stereocenters. The number of esters is 1. The van der Waals surface area contributed by atoms with E-state index >= 15 is 0 Å². The number of rotatable bonds is 8. The number of aryl methyl sites for hydroxylation is 1. The molecule has 0 aliphatic carbocycles. The van der Waals surface area contributed by atoms with E-state index in [0.29, 0.717) is 22.6 Å². The first-order valence-electron chi connectivity index (χ1n) is 10.5. The average molecular weight is 482 g/mol. The van der Waals surface area contributed by atoms with Gasteiger partial charge in [0.1, 0.15) is 16.9 Å². The van der Waals surface area contributed by atoms with Crippen molar-refractivity contribution in [2.75, 3.05) is 24.8 Å². The van der Waals surface area contributed by atoms with Crippen LogP contribution in [0.15, 0.2) is 70.0 Å². The van der Waals surface area contributed by atoms with Gasteiger partial charge in [0.15, 0.2) is 16.4 Å². The Balaban J connectivity index is 1.36. The predicted molar refractivity (Wildman–Crippen MR) is 128 cm³/mol. The Bertz CT molecular complexity index is 1470. The molecule has 1 N–H and O–H groups in total. The molecule has 0 saturated carbocycles. The predicted octanol–water partition coefficient (Wildman–Crippen LogP) is 4.25. The lowest BCUT2D eigenvalue weighted by Crippen LogP contribution is -2.22. The zero-order valence-electron chi connectivity index (χ0n) is 18.7. The largest absolute Gasteiger partial charge is 0.495 e. The van der Waals surface area contributed by atoms with E-state index in [9.17, 15) is 18.0 Å². The summed E-state index contributed by atoms with van der Waals surface area (Å²) in [6.45, 7) is 1.29. The third-order valence-electron chi connectivity index (χ3n) is 5.29. The van der Waals surface area contributed by atoms with Crippen molar-refractivity contribution in [1.82, 2.24) is 0 Å². The summed E-state index contributed by atoms with van der Waals surface area (Å²) in [5, 5.41) is 4.40. The van der Waals surface area contributed by atoms with Gasteiger partial charge in [-0.2, -0.15) is 0 Å². The van der Waals surface area contributed by atoms with Gasteiger partial charge in [0, 0.05) is 16.8 Å². The second-order valence-corrected chi connectivity index (χ2v) is 9.85. The molecule has 1 amide bonds. The molecule has 1 heterocycles. The number of para-hydroxylation sites is 1. The van der Waals surface area contributed by atoms with Gasteiger partial charge in [-0.3, -0.25) is 9.59 Å². The van der Waals surface area contributed by atoms with Crippen LogP contribution < -0.4 is 10.1 Å². The number of amides is 1. The first kappa shape index (κ1) is 23.3. The van der Waals surface area contributed by atoms with Crippen LogP contribution in [-0.2, 0) is 24.2 Å². The van der Waals surface area contributed by atoms with Gasteiger partial charge in [0.25, 0.3) is 5.91 Å². The SMILES string of the molecule is COc1cc2c(cc1NC(=O)COC(=O)CCS(=O)(=O)c1ccc(C)cc1)oc1ccccc12. The molecule has 0 bridgehead atoms. The molecule has 0 saturated heterocycles. The number of nitrogens with one attached hydrogen (secondary N) is 1. The third kappa shape index (κ3) is 5.04. The molecule has 4 aromatic rings. The summed E-state index contributed by atoms with van der Waals surface area (Å²) in [4.78, 5) is 24.5. The molecular weight excluding hydrogens is 458 g/mol. The minimum absolute atomic E-state index is 0.136. The fourth-order valence-corrected chi connectivity index (χ4v) is 4.73. The number of hydrogen-bond donors (Lipinski definition) is 1. The van der Waals surface area contributed by atoms with Gasteiger partial charge in [-0.25, -0.2) is 8.42 Å². The van der Waals surface area contributed by atoms with Crippen molar-refractivity contribution in [2.45, 2.75) is 18.2 Å². The molecule has 0 aliphatic rings. The summed E-state index contributed by atoms with van der Waals surface area (Å²) < 4.78 is 40.9. The number of methoxy groups -OCH3 is 1. The lowest BCUT2D eigenvalue weighted by Gasteiger charge is -2.11. The highest BCUT2D eigenvalue weighted by Gasteiger charge is 2.19. The number of hydrogen-bond acceptors (Lipinski definition) is 7. The molecule has 8 nitrogen and oxygen atoms in total. The van der Waals surface area contributed by atoms with Crippen LogP contribution in [0.3, 0.4) is 0 Å². The van der Waals surface area contributed by atoms with Gasteiger partial charge in [-0.1, -0.05) is 35.9 Å². The summed E-state index contributed by atoms with van der Waals surface area (Å²) in [7, 11) is -2.15. The average Bonchev–Trinajstić information content (AvgIpc) is 3.18. The minimum atomic E-state index is -3.63. The molecule has 0 fully saturated rings. The molecule has 0 aliphatic heterocycles. The van der Waals surface area contributed by atoms with Crippen molar-refractivity contribution in [3.63, 3.8) is 0 Å². The maximum absolute atomic E-state index is 12.4. The first-order valence-corrected chi connectivity index (χ1v) is 12.2. The fraction of sp³-hybridized carbons (Fsp3) is 0.200. The van der Waals surface area contributed by atoms with Gasteiger partial charge in [0.05, 0.1) is 29.9 Å². The van der Waals surface area contributed by atoms with Crippen LogP contribution in [0.2, 0.25) is 0 Å². The van der Waals surface area contributed by atoms with E-state index in [1.54, 1.807) is 24.3 Å². The Hall–Kier alpha value is -3.85. The van der Waals surface area contributed by atoms with Crippen molar-refractivity contribution < 1.29 is 31.9 Å². The minimum Gasteiger partial charge on any atom is -0.495 e. The van der Waals surface area contributed by atoms with E-state index in [-0.39, 0.29) is 11.3 Å². The molecule has 3 aromatic carbocycles. The number of benzene rings is 3. The fourth-order valence-electron chi connectivity index (χ4n) is 3.50. The lowest BCUT2D eigenvalue weighted by atomic mass is 10.1. The summed E-state index contributed by atoms with van der Waals surface area (Å²) in [6, 6.07) is 17.3. The second-order valence-electron chi connectivity index (χ2n) is 7.74. The lowest BCUT2D eigenvalue weighted by molar-refractivity contribution is -0.146. The van der Waals surface area contributed by atoms with Gasteiger partial charge >= 0.3 is 5.97 Å². The van der Waals surface area contributed by atoms with Crippen molar-refractivity contribution in [1.29, 1.82) is 0 Å². The number of fused-ring (bicyclic) bond motifs is 3. The van der Waals surface area contributed by atoms with Gasteiger partial charge in [0.2, 0.25) is 0 Å². The van der Waals surface area contributed by atoms with Crippen LogP contribution in [0.4, 0.5) is 5.69 Å². The highest BCUT2D eigenvalue weighted by Crippen LogP contribution is 2.36. The van der Waals surface area contributed by atoms with E-state index in [1.807, 2.05) is 31.2 Å². The standard InChI is InChI=1S/C25H23NO7S/c1-16-7-9-17(10-8-16)34(29,30)12-11-25(28)32-15-24(27)26-20-14-22-19(13-23(20)31-2)18-5-3-4-6-21(18)33-22/h3-10,13-14H,11-12,15H2,1-2H3,(H,26,27). The maximum atomic E-state index is 12.4. The van der Waals surface area contributed by atoms with E-state index in [2.05, 4.69) is 5.32 Å². The number of ether oxygens (including phenoxy) is 2. The molecule has 0 atom stereocenters. The molecule has 176 valence electrons. The molecule has 34 heavy (non-hydrogen) atoms. The molecule has 1 aromatic heterocycles. The van der Waals surface area contributed by atoms with E-state index in [1.165, 1.54) is 19.2 Å². The van der Waals surface area contributed by atoms with Gasteiger partial charge < -0.3 is 19.2 Å². The second kappa shape index (κ2) is 9.56.